The number of amides is 1. The summed E-state index contributed by atoms with van der Waals surface area (Å²) in [7, 11) is 0. The summed E-state index contributed by atoms with van der Waals surface area (Å²) in [5.74, 6) is -0.0898. The molecule has 4 nitrogen and oxygen atoms in total. The van der Waals surface area contributed by atoms with Gasteiger partial charge in [-0.25, -0.2) is 0 Å². The van der Waals surface area contributed by atoms with E-state index < -0.39 is 0 Å². The number of aryl methyl sites for hydroxylation is 2. The lowest BCUT2D eigenvalue weighted by molar-refractivity contribution is 0.102. The van der Waals surface area contributed by atoms with Gasteiger partial charge in [0, 0.05) is 18.8 Å². The third kappa shape index (κ3) is 2.84. The van der Waals surface area contributed by atoms with Crippen LogP contribution in [0.15, 0.2) is 36.4 Å². The predicted octanol–water partition coefficient (Wildman–Crippen LogP) is 3.39. The fourth-order valence-corrected chi connectivity index (χ4v) is 2.71. The van der Waals surface area contributed by atoms with Crippen LogP contribution in [0.2, 0.25) is 0 Å². The summed E-state index contributed by atoms with van der Waals surface area (Å²) in [4.78, 5) is 12.5. The number of fused-ring (bicyclic) bond motifs is 1. The minimum Gasteiger partial charge on any atom is -0.382 e. The Hall–Kier alpha value is -2.49. The van der Waals surface area contributed by atoms with Gasteiger partial charge in [0.25, 0.3) is 5.91 Å². The van der Waals surface area contributed by atoms with Crippen LogP contribution in [0.4, 0.5) is 17.1 Å². The number of benzene rings is 2. The van der Waals surface area contributed by atoms with Crippen LogP contribution in [0.1, 0.15) is 21.5 Å². The van der Waals surface area contributed by atoms with Crippen LogP contribution < -0.4 is 16.0 Å². The smallest absolute Gasteiger partial charge is 0.257 e. The van der Waals surface area contributed by atoms with Gasteiger partial charge in [-0.05, 0) is 49.2 Å². The highest BCUT2D eigenvalue weighted by Crippen LogP contribution is 2.29. The molecular formula is C17H19N3O. The van der Waals surface area contributed by atoms with E-state index in [0.29, 0.717) is 5.56 Å². The van der Waals surface area contributed by atoms with Crippen molar-refractivity contribution in [1.29, 1.82) is 0 Å². The highest BCUT2D eigenvalue weighted by atomic mass is 16.1. The molecule has 0 saturated carbocycles. The van der Waals surface area contributed by atoms with E-state index in [9.17, 15) is 4.79 Å². The normalized spacial score (nSPS) is 12.9. The largest absolute Gasteiger partial charge is 0.382 e. The maximum atomic E-state index is 12.5. The Morgan fingerprint density at radius 3 is 2.52 bits per heavy atom. The first-order chi connectivity index (χ1) is 10.1. The lowest BCUT2D eigenvalue weighted by Crippen LogP contribution is -2.24. The third-order valence-corrected chi connectivity index (χ3v) is 3.53. The molecule has 0 radical (unpaired) electrons. The molecule has 0 fully saturated rings. The quantitative estimate of drug-likeness (QED) is 0.791. The van der Waals surface area contributed by atoms with E-state index in [1.807, 2.05) is 44.2 Å². The number of carbonyl (C=O) groups is 1. The molecule has 3 N–H and O–H groups in total. The van der Waals surface area contributed by atoms with Gasteiger partial charge in [0.1, 0.15) is 0 Å². The molecule has 21 heavy (non-hydrogen) atoms. The van der Waals surface area contributed by atoms with Crippen molar-refractivity contribution in [1.82, 2.24) is 0 Å². The summed E-state index contributed by atoms with van der Waals surface area (Å²) in [6, 6.07) is 11.8. The number of hydrogen-bond acceptors (Lipinski definition) is 3. The second-order valence-electron chi connectivity index (χ2n) is 5.41. The molecule has 0 saturated heterocycles. The number of anilines is 3. The van der Waals surface area contributed by atoms with Crippen molar-refractivity contribution < 1.29 is 4.79 Å². The number of nitrogens with one attached hydrogen (secondary N) is 3. The van der Waals surface area contributed by atoms with Crippen LogP contribution in [-0.4, -0.2) is 19.0 Å². The van der Waals surface area contributed by atoms with E-state index in [-0.39, 0.29) is 5.91 Å². The van der Waals surface area contributed by atoms with Crippen molar-refractivity contribution in [3.05, 3.63) is 53.1 Å². The molecule has 2 aromatic rings. The molecule has 0 unspecified atom stereocenters. The first-order valence-corrected chi connectivity index (χ1v) is 7.14. The zero-order valence-electron chi connectivity index (χ0n) is 12.3. The molecule has 4 heteroatoms. The summed E-state index contributed by atoms with van der Waals surface area (Å²) < 4.78 is 0. The monoisotopic (exact) mass is 281 g/mol. The SMILES string of the molecule is Cc1cc(C)cc(NC(=O)c2cccc3c2NCCN3)c1. The number of carbonyl (C=O) groups excluding carboxylic acids is 1. The molecule has 1 heterocycles. The van der Waals surface area contributed by atoms with Crippen LogP contribution >= 0.6 is 0 Å². The van der Waals surface area contributed by atoms with Crippen molar-refractivity contribution in [3.63, 3.8) is 0 Å². The van der Waals surface area contributed by atoms with Gasteiger partial charge in [-0.1, -0.05) is 12.1 Å². The average Bonchev–Trinajstić information content (AvgIpc) is 2.45. The molecule has 1 aliphatic heterocycles. The zero-order chi connectivity index (χ0) is 14.8. The van der Waals surface area contributed by atoms with Crippen LogP contribution in [0.25, 0.3) is 0 Å². The maximum absolute atomic E-state index is 12.5. The van der Waals surface area contributed by atoms with Crippen molar-refractivity contribution in [3.8, 4) is 0 Å². The third-order valence-electron chi connectivity index (χ3n) is 3.53. The van der Waals surface area contributed by atoms with Crippen molar-refractivity contribution in [2.45, 2.75) is 13.8 Å². The molecule has 2 aromatic carbocycles. The van der Waals surface area contributed by atoms with Crippen molar-refractivity contribution >= 4 is 23.0 Å². The molecule has 1 aliphatic rings. The predicted molar refractivity (Wildman–Crippen MR) is 87.3 cm³/mol. The summed E-state index contributed by atoms with van der Waals surface area (Å²) in [6.45, 7) is 5.74. The Morgan fingerprint density at radius 1 is 1.05 bits per heavy atom. The van der Waals surface area contributed by atoms with Gasteiger partial charge >= 0.3 is 0 Å². The molecule has 3 rings (SSSR count). The van der Waals surface area contributed by atoms with Gasteiger partial charge in [-0.15, -0.1) is 0 Å². The summed E-state index contributed by atoms with van der Waals surface area (Å²) in [6.07, 6.45) is 0. The number of rotatable bonds is 2. The van der Waals surface area contributed by atoms with Gasteiger partial charge in [0.2, 0.25) is 0 Å². The van der Waals surface area contributed by atoms with Gasteiger partial charge in [0.15, 0.2) is 0 Å². The lowest BCUT2D eigenvalue weighted by atomic mass is 10.1. The maximum Gasteiger partial charge on any atom is 0.257 e. The van der Waals surface area contributed by atoms with Gasteiger partial charge in [-0.2, -0.15) is 0 Å². The first kappa shape index (κ1) is 13.5. The summed E-state index contributed by atoms with van der Waals surface area (Å²) in [5.41, 5.74) is 5.64. The van der Waals surface area contributed by atoms with Crippen LogP contribution in [0.3, 0.4) is 0 Å². The average molecular weight is 281 g/mol. The Labute approximate surface area is 124 Å². The standard InChI is InChI=1S/C17H19N3O/c1-11-8-12(2)10-13(9-11)20-17(21)14-4-3-5-15-16(14)19-7-6-18-15/h3-5,8-10,18-19H,6-7H2,1-2H3,(H,20,21). The van der Waals surface area contributed by atoms with E-state index >= 15 is 0 Å². The Balaban J connectivity index is 1.89. The van der Waals surface area contributed by atoms with E-state index in [4.69, 9.17) is 0 Å². The Morgan fingerprint density at radius 2 is 1.76 bits per heavy atom. The Bertz CT molecular complexity index is 674. The molecule has 108 valence electrons. The van der Waals surface area contributed by atoms with Gasteiger partial charge < -0.3 is 16.0 Å². The highest BCUT2D eigenvalue weighted by molar-refractivity contribution is 6.10. The van der Waals surface area contributed by atoms with Crippen molar-refractivity contribution in [2.75, 3.05) is 29.0 Å². The van der Waals surface area contributed by atoms with Crippen molar-refractivity contribution in [2.24, 2.45) is 0 Å². The second kappa shape index (κ2) is 5.48. The van der Waals surface area contributed by atoms with Crippen LogP contribution in [-0.2, 0) is 0 Å². The zero-order valence-corrected chi connectivity index (χ0v) is 12.3. The molecule has 0 bridgehead atoms. The minimum absolute atomic E-state index is 0.0898. The van der Waals surface area contributed by atoms with Crippen LogP contribution in [0.5, 0.6) is 0 Å². The van der Waals surface area contributed by atoms with E-state index in [1.165, 1.54) is 0 Å². The number of hydrogen-bond donors (Lipinski definition) is 3. The van der Waals surface area contributed by atoms with Crippen LogP contribution in [0, 0.1) is 13.8 Å². The molecule has 1 amide bonds. The minimum atomic E-state index is -0.0898. The van der Waals surface area contributed by atoms with E-state index in [1.54, 1.807) is 0 Å². The fraction of sp³-hybridized carbons (Fsp3) is 0.235. The first-order valence-electron chi connectivity index (χ1n) is 7.14. The molecule has 0 aromatic heterocycles. The van der Waals surface area contributed by atoms with E-state index in [0.717, 1.165) is 41.3 Å². The molecule has 0 spiro atoms. The number of para-hydroxylation sites is 1. The Kier molecular flexibility index (Phi) is 3.52. The van der Waals surface area contributed by atoms with Gasteiger partial charge in [-0.3, -0.25) is 4.79 Å². The molecule has 0 aliphatic carbocycles. The highest BCUT2D eigenvalue weighted by Gasteiger charge is 2.17. The lowest BCUT2D eigenvalue weighted by Gasteiger charge is -2.22. The molecular weight excluding hydrogens is 262 g/mol. The van der Waals surface area contributed by atoms with E-state index in [2.05, 4.69) is 22.0 Å². The topological polar surface area (TPSA) is 53.2 Å². The summed E-state index contributed by atoms with van der Waals surface area (Å²) in [5, 5.41) is 9.58. The second-order valence-corrected chi connectivity index (χ2v) is 5.41. The van der Waals surface area contributed by atoms with Gasteiger partial charge in [0.05, 0.1) is 16.9 Å². The molecule has 0 atom stereocenters. The summed E-state index contributed by atoms with van der Waals surface area (Å²) >= 11 is 0. The fourth-order valence-electron chi connectivity index (χ4n) is 2.71.